The van der Waals surface area contributed by atoms with Gasteiger partial charge in [-0.05, 0) is 13.3 Å². The maximum absolute atomic E-state index is 5.99. The fourth-order valence-electron chi connectivity index (χ4n) is 2.72. The largest absolute Gasteiger partial charge is 0.479 e. The van der Waals surface area contributed by atoms with E-state index in [1.54, 1.807) is 6.33 Å². The number of nitrogens with zero attached hydrogens (tertiary/aromatic N) is 4. The van der Waals surface area contributed by atoms with E-state index in [1.807, 2.05) is 11.5 Å². The molecule has 8 nitrogen and oxygen atoms in total. The topological polar surface area (TPSA) is 97.3 Å². The summed E-state index contributed by atoms with van der Waals surface area (Å²) < 4.78 is 19.0. The van der Waals surface area contributed by atoms with Crippen molar-refractivity contribution in [2.45, 2.75) is 45.1 Å². The van der Waals surface area contributed by atoms with E-state index >= 15 is 0 Å². The third-order valence-corrected chi connectivity index (χ3v) is 3.66. The van der Waals surface area contributed by atoms with Crippen LogP contribution in [-0.2, 0) is 9.47 Å². The number of nitrogen functional groups attached to an aromatic ring is 1. The molecule has 0 bridgehead atoms. The van der Waals surface area contributed by atoms with Crippen molar-refractivity contribution >= 4 is 17.1 Å². The van der Waals surface area contributed by atoms with Crippen LogP contribution >= 0.6 is 0 Å². The molecule has 1 fully saturated rings. The number of rotatable bonds is 5. The van der Waals surface area contributed by atoms with Crippen molar-refractivity contribution in [2.24, 2.45) is 0 Å². The van der Waals surface area contributed by atoms with Gasteiger partial charge in [-0.3, -0.25) is 4.57 Å². The van der Waals surface area contributed by atoms with Gasteiger partial charge in [0.15, 0.2) is 17.4 Å². The number of aromatic nitrogens is 4. The van der Waals surface area contributed by atoms with E-state index in [1.165, 1.54) is 7.11 Å². The van der Waals surface area contributed by atoms with Crippen LogP contribution in [0.4, 0.5) is 5.95 Å². The third-order valence-electron chi connectivity index (χ3n) is 3.66. The molecule has 3 heterocycles. The van der Waals surface area contributed by atoms with Gasteiger partial charge in [0.05, 0.1) is 19.5 Å². The summed E-state index contributed by atoms with van der Waals surface area (Å²) >= 11 is 0. The third kappa shape index (κ3) is 2.59. The standard InChI is InChI=1S/C14H21N5O3/c1-4-5-21-9-6-8(2)22-13(9)19-7-16-10-11(19)17-14(15)18-12(10)20-3/h7-9,13H,4-6H2,1-3H3,(H2,15,17,18)/t8?,9-,13?/m0/s1. The van der Waals surface area contributed by atoms with Crippen LogP contribution in [0.25, 0.3) is 11.2 Å². The van der Waals surface area contributed by atoms with Crippen LogP contribution in [0.3, 0.4) is 0 Å². The van der Waals surface area contributed by atoms with Crippen LogP contribution in [0.2, 0.25) is 0 Å². The first-order chi connectivity index (χ1) is 10.6. The Balaban J connectivity index is 2.00. The van der Waals surface area contributed by atoms with E-state index in [4.69, 9.17) is 19.9 Å². The van der Waals surface area contributed by atoms with Crippen molar-refractivity contribution in [3.05, 3.63) is 6.33 Å². The maximum Gasteiger partial charge on any atom is 0.246 e. The minimum Gasteiger partial charge on any atom is -0.479 e. The summed E-state index contributed by atoms with van der Waals surface area (Å²) in [7, 11) is 1.53. The Kier molecular flexibility index (Phi) is 4.12. The first kappa shape index (κ1) is 15.0. The highest BCUT2D eigenvalue weighted by atomic mass is 16.6. The van der Waals surface area contributed by atoms with Gasteiger partial charge in [-0.25, -0.2) is 4.98 Å². The van der Waals surface area contributed by atoms with Gasteiger partial charge in [0, 0.05) is 13.0 Å². The Bertz CT molecular complexity index is 659. The average molecular weight is 307 g/mol. The van der Waals surface area contributed by atoms with Crippen LogP contribution in [0.5, 0.6) is 5.88 Å². The highest BCUT2D eigenvalue weighted by molar-refractivity contribution is 5.77. The number of methoxy groups -OCH3 is 1. The second kappa shape index (κ2) is 6.05. The van der Waals surface area contributed by atoms with Crippen molar-refractivity contribution in [3.63, 3.8) is 0 Å². The fourth-order valence-corrected chi connectivity index (χ4v) is 2.72. The zero-order valence-electron chi connectivity index (χ0n) is 13.0. The first-order valence-electron chi connectivity index (χ1n) is 7.45. The van der Waals surface area contributed by atoms with Gasteiger partial charge in [-0.1, -0.05) is 6.92 Å². The monoisotopic (exact) mass is 307 g/mol. The maximum atomic E-state index is 5.99. The van der Waals surface area contributed by atoms with Gasteiger partial charge < -0.3 is 19.9 Å². The van der Waals surface area contributed by atoms with Crippen molar-refractivity contribution in [2.75, 3.05) is 19.5 Å². The molecule has 2 aromatic rings. The van der Waals surface area contributed by atoms with Crippen LogP contribution in [0.1, 0.15) is 32.9 Å². The van der Waals surface area contributed by atoms with Gasteiger partial charge in [0.2, 0.25) is 11.8 Å². The Morgan fingerprint density at radius 2 is 2.27 bits per heavy atom. The molecule has 3 atom stereocenters. The smallest absolute Gasteiger partial charge is 0.246 e. The number of nitrogens with two attached hydrogens (primary N) is 1. The first-order valence-corrected chi connectivity index (χ1v) is 7.45. The molecule has 8 heteroatoms. The molecule has 0 saturated carbocycles. The summed E-state index contributed by atoms with van der Waals surface area (Å²) in [5.74, 6) is 0.501. The van der Waals surface area contributed by atoms with Gasteiger partial charge in [-0.15, -0.1) is 0 Å². The van der Waals surface area contributed by atoms with Crippen molar-refractivity contribution < 1.29 is 14.2 Å². The number of fused-ring (bicyclic) bond motifs is 1. The highest BCUT2D eigenvalue weighted by Gasteiger charge is 2.36. The minimum absolute atomic E-state index is 0.0328. The molecule has 2 unspecified atom stereocenters. The lowest BCUT2D eigenvalue weighted by Crippen LogP contribution is -2.23. The van der Waals surface area contributed by atoms with Crippen LogP contribution in [0, 0.1) is 0 Å². The molecule has 1 aliphatic rings. The van der Waals surface area contributed by atoms with Gasteiger partial charge in [0.1, 0.15) is 6.10 Å². The average Bonchev–Trinajstić information content (AvgIpc) is 3.07. The summed E-state index contributed by atoms with van der Waals surface area (Å²) in [6.07, 6.45) is 3.28. The SMILES string of the molecule is CCCO[C@H]1CC(C)OC1n1cnc2c(OC)nc(N)nc21. The number of hydrogen-bond acceptors (Lipinski definition) is 7. The van der Waals surface area contributed by atoms with Gasteiger partial charge >= 0.3 is 0 Å². The lowest BCUT2D eigenvalue weighted by molar-refractivity contribution is -0.0576. The van der Waals surface area contributed by atoms with E-state index in [2.05, 4.69) is 21.9 Å². The second-order valence-electron chi connectivity index (χ2n) is 5.40. The van der Waals surface area contributed by atoms with Crippen molar-refractivity contribution in [1.29, 1.82) is 0 Å². The summed E-state index contributed by atoms with van der Waals surface area (Å²) in [6.45, 7) is 4.81. The lowest BCUT2D eigenvalue weighted by Gasteiger charge is -2.20. The molecule has 0 spiro atoms. The molecule has 2 N–H and O–H groups in total. The molecule has 22 heavy (non-hydrogen) atoms. The molecule has 0 radical (unpaired) electrons. The lowest BCUT2D eigenvalue weighted by atomic mass is 10.2. The summed E-state index contributed by atoms with van der Waals surface area (Å²) in [6, 6.07) is 0. The van der Waals surface area contributed by atoms with Gasteiger partial charge in [-0.2, -0.15) is 9.97 Å². The Morgan fingerprint density at radius 3 is 3.00 bits per heavy atom. The molecule has 1 aliphatic heterocycles. The van der Waals surface area contributed by atoms with E-state index in [-0.39, 0.29) is 24.4 Å². The van der Waals surface area contributed by atoms with Crippen molar-refractivity contribution in [1.82, 2.24) is 19.5 Å². The predicted molar refractivity (Wildman–Crippen MR) is 80.5 cm³/mol. The summed E-state index contributed by atoms with van der Waals surface area (Å²) in [5, 5.41) is 0. The van der Waals surface area contributed by atoms with E-state index in [9.17, 15) is 0 Å². The highest BCUT2D eigenvalue weighted by Crippen LogP contribution is 2.34. The Labute approximate surface area is 128 Å². The minimum atomic E-state index is -0.273. The Morgan fingerprint density at radius 1 is 1.45 bits per heavy atom. The zero-order chi connectivity index (χ0) is 15.7. The molecule has 3 rings (SSSR count). The molecule has 0 aromatic carbocycles. The van der Waals surface area contributed by atoms with E-state index < -0.39 is 0 Å². The van der Waals surface area contributed by atoms with Crippen LogP contribution in [0.15, 0.2) is 6.33 Å². The normalized spacial score (nSPS) is 25.0. The molecule has 1 saturated heterocycles. The van der Waals surface area contributed by atoms with Crippen LogP contribution in [-0.4, -0.2) is 45.4 Å². The molecular formula is C14H21N5O3. The zero-order valence-corrected chi connectivity index (χ0v) is 13.0. The molecular weight excluding hydrogens is 286 g/mol. The quantitative estimate of drug-likeness (QED) is 0.894. The molecule has 120 valence electrons. The number of ether oxygens (including phenoxy) is 3. The second-order valence-corrected chi connectivity index (χ2v) is 5.40. The molecule has 2 aromatic heterocycles. The number of imidazole rings is 1. The molecule has 0 aliphatic carbocycles. The number of anilines is 1. The van der Waals surface area contributed by atoms with E-state index in [0.717, 1.165) is 12.8 Å². The summed E-state index contributed by atoms with van der Waals surface area (Å²) in [5.41, 5.74) is 6.91. The van der Waals surface area contributed by atoms with Crippen molar-refractivity contribution in [3.8, 4) is 5.88 Å². The number of hydrogen-bond donors (Lipinski definition) is 1. The van der Waals surface area contributed by atoms with Gasteiger partial charge in [0.25, 0.3) is 0 Å². The predicted octanol–water partition coefficient (Wildman–Crippen LogP) is 1.52. The fraction of sp³-hybridized carbons (Fsp3) is 0.643. The Hall–Kier alpha value is -1.93. The summed E-state index contributed by atoms with van der Waals surface area (Å²) in [4.78, 5) is 12.7. The van der Waals surface area contributed by atoms with Crippen LogP contribution < -0.4 is 10.5 Å². The molecule has 0 amide bonds. The van der Waals surface area contributed by atoms with E-state index in [0.29, 0.717) is 23.7 Å².